The Morgan fingerprint density at radius 2 is 1.33 bits per heavy atom. The normalized spacial score (nSPS) is 17.4. The maximum atomic E-state index is 13.6. The van der Waals surface area contributed by atoms with E-state index in [2.05, 4.69) is 90.3 Å². The van der Waals surface area contributed by atoms with Crippen LogP contribution in [-0.2, 0) is 22.3 Å². The molecular formula is C38H53N3O3S. The third kappa shape index (κ3) is 9.43. The summed E-state index contributed by atoms with van der Waals surface area (Å²) < 4.78 is 10.9. The highest BCUT2D eigenvalue weighted by Crippen LogP contribution is 2.29. The van der Waals surface area contributed by atoms with Crippen LogP contribution in [-0.4, -0.2) is 99.6 Å². The molecule has 7 heteroatoms. The highest BCUT2D eigenvalue weighted by atomic mass is 32.2. The molecule has 2 saturated heterocycles. The van der Waals surface area contributed by atoms with Gasteiger partial charge in [-0.3, -0.25) is 14.6 Å². The van der Waals surface area contributed by atoms with E-state index in [1.54, 1.807) is 11.8 Å². The Morgan fingerprint density at radius 1 is 0.778 bits per heavy atom. The third-order valence-electron chi connectivity index (χ3n) is 9.37. The number of ether oxygens (including phenoxy) is 2. The van der Waals surface area contributed by atoms with Crippen LogP contribution in [0.1, 0.15) is 48.7 Å². The second-order valence-corrected chi connectivity index (χ2v) is 13.7. The smallest absolute Gasteiger partial charge is 0.183 e. The van der Waals surface area contributed by atoms with Gasteiger partial charge in [0, 0.05) is 47.9 Å². The molecule has 2 aliphatic heterocycles. The van der Waals surface area contributed by atoms with Gasteiger partial charge in [-0.25, -0.2) is 0 Å². The number of morpholine rings is 2. The number of ketones is 1. The van der Waals surface area contributed by atoms with Crippen molar-refractivity contribution in [1.82, 2.24) is 9.80 Å². The topological polar surface area (TPSA) is 45.2 Å². The van der Waals surface area contributed by atoms with Gasteiger partial charge in [0.25, 0.3) is 0 Å². The Bertz CT molecular complexity index is 1300. The number of carbonyl (C=O) groups is 1. The van der Waals surface area contributed by atoms with E-state index in [4.69, 9.17) is 9.47 Å². The van der Waals surface area contributed by atoms with Gasteiger partial charge in [0.05, 0.1) is 32.0 Å². The van der Waals surface area contributed by atoms with Crippen LogP contribution >= 0.6 is 11.8 Å². The molecule has 0 saturated carbocycles. The van der Waals surface area contributed by atoms with Gasteiger partial charge in [0.1, 0.15) is 0 Å². The molecule has 2 fully saturated rings. The highest BCUT2D eigenvalue weighted by Gasteiger charge is 2.39. The van der Waals surface area contributed by atoms with E-state index < -0.39 is 5.54 Å². The molecule has 6 nitrogen and oxygen atoms in total. The molecule has 244 valence electrons. The van der Waals surface area contributed by atoms with E-state index in [1.807, 2.05) is 44.4 Å². The van der Waals surface area contributed by atoms with E-state index in [0.717, 1.165) is 76.7 Å². The molecular weight excluding hydrogens is 579 g/mol. The number of anilines is 1. The maximum absolute atomic E-state index is 13.6. The van der Waals surface area contributed by atoms with E-state index in [-0.39, 0.29) is 11.3 Å². The summed E-state index contributed by atoms with van der Waals surface area (Å²) in [6.45, 7) is 13.9. The van der Waals surface area contributed by atoms with Crippen LogP contribution in [0.3, 0.4) is 0 Å². The molecule has 5 rings (SSSR count). The number of rotatable bonds is 11. The summed E-state index contributed by atoms with van der Waals surface area (Å²) in [5, 5.41) is 0. The minimum absolute atomic E-state index is 0.187. The molecule has 2 heterocycles. The summed E-state index contributed by atoms with van der Waals surface area (Å²) in [7, 11) is 4.01. The van der Waals surface area contributed by atoms with Crippen molar-refractivity contribution in [3.63, 3.8) is 0 Å². The molecule has 0 bridgehead atoms. The van der Waals surface area contributed by atoms with E-state index in [1.165, 1.54) is 16.0 Å². The first-order valence-electron chi connectivity index (χ1n) is 16.3. The second-order valence-electron chi connectivity index (χ2n) is 12.9. The predicted octanol–water partition coefficient (Wildman–Crippen LogP) is 6.72. The summed E-state index contributed by atoms with van der Waals surface area (Å²) in [5.74, 6) is 0.187. The fraction of sp³-hybridized carbons (Fsp3) is 0.500. The lowest BCUT2D eigenvalue weighted by molar-refractivity contribution is -0.00984. The summed E-state index contributed by atoms with van der Waals surface area (Å²) in [6, 6.07) is 27.3. The third-order valence-corrected chi connectivity index (χ3v) is 10.1. The number of likely N-dealkylation sites (N-methyl/N-ethyl adjacent to an activating group) is 1. The fourth-order valence-electron chi connectivity index (χ4n) is 6.41. The van der Waals surface area contributed by atoms with Gasteiger partial charge in [-0.15, -0.1) is 11.8 Å². The zero-order chi connectivity index (χ0) is 32.3. The van der Waals surface area contributed by atoms with Gasteiger partial charge in [-0.05, 0) is 101 Å². The van der Waals surface area contributed by atoms with Crippen LogP contribution in [0.2, 0.25) is 0 Å². The monoisotopic (exact) mass is 631 g/mol. The molecule has 3 aromatic carbocycles. The van der Waals surface area contributed by atoms with Crippen molar-refractivity contribution in [1.29, 1.82) is 0 Å². The van der Waals surface area contributed by atoms with Crippen molar-refractivity contribution >= 4 is 23.2 Å². The fourth-order valence-corrected chi connectivity index (χ4v) is 6.82. The minimum atomic E-state index is -0.540. The van der Waals surface area contributed by atoms with Crippen LogP contribution in [0.15, 0.2) is 83.8 Å². The first-order chi connectivity index (χ1) is 21.7. The summed E-state index contributed by atoms with van der Waals surface area (Å²) in [5.41, 5.74) is 4.21. The number of benzene rings is 3. The Labute approximate surface area is 276 Å². The predicted molar refractivity (Wildman–Crippen MR) is 189 cm³/mol. The molecule has 2 aliphatic rings. The van der Waals surface area contributed by atoms with E-state index in [0.29, 0.717) is 6.42 Å². The van der Waals surface area contributed by atoms with Gasteiger partial charge < -0.3 is 14.4 Å². The summed E-state index contributed by atoms with van der Waals surface area (Å²) in [6.07, 6.45) is 4.69. The van der Waals surface area contributed by atoms with Crippen molar-refractivity contribution < 1.29 is 14.3 Å². The van der Waals surface area contributed by atoms with Gasteiger partial charge in [0.15, 0.2) is 5.78 Å². The summed E-state index contributed by atoms with van der Waals surface area (Å²) >= 11 is 1.80. The lowest BCUT2D eigenvalue weighted by atomic mass is 9.80. The number of hydrogen-bond acceptors (Lipinski definition) is 7. The van der Waals surface area contributed by atoms with Gasteiger partial charge in [-0.2, -0.15) is 0 Å². The summed E-state index contributed by atoms with van der Waals surface area (Å²) in [4.78, 5) is 21.8. The van der Waals surface area contributed by atoms with Gasteiger partial charge in [-0.1, -0.05) is 49.4 Å². The van der Waals surface area contributed by atoms with Crippen molar-refractivity contribution in [3.05, 3.63) is 95.6 Å². The first kappa shape index (κ1) is 35.2. The molecule has 0 radical (unpaired) electrons. The Kier molecular flexibility index (Phi) is 13.1. The van der Waals surface area contributed by atoms with Crippen LogP contribution in [0, 0.1) is 0 Å². The van der Waals surface area contributed by atoms with E-state index in [9.17, 15) is 4.79 Å². The van der Waals surface area contributed by atoms with Crippen LogP contribution in [0.5, 0.6) is 0 Å². The molecule has 1 unspecified atom stereocenters. The highest BCUT2D eigenvalue weighted by molar-refractivity contribution is 7.98. The Morgan fingerprint density at radius 3 is 1.87 bits per heavy atom. The quantitative estimate of drug-likeness (QED) is 0.172. The standard InChI is InChI=1S/C23H30N2O2.C15H23NOS/c1-4-23(24(2)3,18-19-8-6-5-7-9-19)22(26)20-10-12-21(13-11-20)25-14-16-27-17-15-25;1-15(2,16-8-10-17-11-9-16)12-13-4-6-14(18-3)7-5-13/h5-13H,4,14-18H2,1-3H3;4-7H,8-12H2,1-3H3. The first-order valence-corrected chi connectivity index (χ1v) is 17.6. The van der Waals surface area contributed by atoms with Crippen molar-refractivity contribution in [2.75, 3.05) is 77.9 Å². The molecule has 3 aromatic rings. The zero-order valence-corrected chi connectivity index (χ0v) is 29.1. The van der Waals surface area contributed by atoms with E-state index >= 15 is 0 Å². The van der Waals surface area contributed by atoms with Crippen LogP contribution < -0.4 is 4.90 Å². The Balaban J connectivity index is 0.000000222. The molecule has 0 aromatic heterocycles. The van der Waals surface area contributed by atoms with Gasteiger partial charge >= 0.3 is 0 Å². The molecule has 0 spiro atoms. The number of hydrogen-bond donors (Lipinski definition) is 0. The van der Waals surface area contributed by atoms with Crippen LogP contribution in [0.25, 0.3) is 0 Å². The average Bonchev–Trinajstić information content (AvgIpc) is 3.08. The average molecular weight is 632 g/mol. The lowest BCUT2D eigenvalue weighted by Gasteiger charge is -2.41. The number of thioether (sulfide) groups is 1. The lowest BCUT2D eigenvalue weighted by Crippen LogP contribution is -2.52. The van der Waals surface area contributed by atoms with Crippen molar-refractivity contribution in [3.8, 4) is 0 Å². The van der Waals surface area contributed by atoms with Crippen molar-refractivity contribution in [2.45, 2.75) is 56.0 Å². The number of carbonyl (C=O) groups excluding carboxylic acids is 1. The van der Waals surface area contributed by atoms with Gasteiger partial charge in [0.2, 0.25) is 0 Å². The second kappa shape index (κ2) is 16.8. The zero-order valence-electron chi connectivity index (χ0n) is 28.3. The number of Topliss-reactive ketones (excluding diaryl/α,β-unsaturated/α-hetero) is 1. The Hall–Kier alpha value is -2.68. The molecule has 0 amide bonds. The molecule has 0 N–H and O–H groups in total. The molecule has 1 atom stereocenters. The maximum Gasteiger partial charge on any atom is 0.183 e. The number of nitrogens with zero attached hydrogens (tertiary/aromatic N) is 3. The molecule has 0 aliphatic carbocycles. The largest absolute Gasteiger partial charge is 0.379 e. The SMILES string of the molecule is CCC(Cc1ccccc1)(C(=O)c1ccc(N2CCOCC2)cc1)N(C)C.CSc1ccc(CC(C)(C)N2CCOCC2)cc1. The minimum Gasteiger partial charge on any atom is -0.379 e. The van der Waals surface area contributed by atoms with Crippen LogP contribution in [0.4, 0.5) is 5.69 Å². The molecule has 45 heavy (non-hydrogen) atoms. The van der Waals surface area contributed by atoms with Crippen molar-refractivity contribution in [2.24, 2.45) is 0 Å².